The Morgan fingerprint density at radius 2 is 2.10 bits per heavy atom. The molecule has 20 heavy (non-hydrogen) atoms. The quantitative estimate of drug-likeness (QED) is 0.846. The number of likely N-dealkylation sites (N-methyl/N-ethyl adjacent to an activating group) is 1. The second kappa shape index (κ2) is 7.20. The van der Waals surface area contributed by atoms with Gasteiger partial charge < -0.3 is 16.0 Å². The molecule has 0 radical (unpaired) electrons. The molecule has 0 fully saturated rings. The smallest absolute Gasteiger partial charge is 0.221 e. The minimum absolute atomic E-state index is 0.0239. The summed E-state index contributed by atoms with van der Waals surface area (Å²) in [6.07, 6.45) is 0.369. The monoisotopic (exact) mass is 297 g/mol. The van der Waals surface area contributed by atoms with Gasteiger partial charge in [-0.1, -0.05) is 26.8 Å². The van der Waals surface area contributed by atoms with Crippen LogP contribution in [0.4, 0.5) is 0 Å². The molecule has 2 unspecified atom stereocenters. The highest BCUT2D eigenvalue weighted by atomic mass is 32.1. The van der Waals surface area contributed by atoms with E-state index in [4.69, 9.17) is 5.73 Å². The highest BCUT2D eigenvalue weighted by Crippen LogP contribution is 2.23. The molecule has 5 heteroatoms. The van der Waals surface area contributed by atoms with E-state index in [0.717, 1.165) is 0 Å². The summed E-state index contributed by atoms with van der Waals surface area (Å²) in [5.41, 5.74) is 5.99. The van der Waals surface area contributed by atoms with Crippen molar-refractivity contribution in [3.8, 4) is 0 Å². The lowest BCUT2D eigenvalue weighted by molar-refractivity contribution is -0.122. The average Bonchev–Trinajstić information content (AvgIpc) is 2.81. The fraction of sp³-hybridized carbons (Fsp3) is 0.667. The molecule has 0 saturated carbocycles. The van der Waals surface area contributed by atoms with Gasteiger partial charge in [0.2, 0.25) is 5.91 Å². The van der Waals surface area contributed by atoms with Crippen molar-refractivity contribution in [3.05, 3.63) is 22.4 Å². The number of amides is 1. The van der Waals surface area contributed by atoms with Crippen molar-refractivity contribution in [2.45, 2.75) is 39.3 Å². The molecular weight excluding hydrogens is 270 g/mol. The molecule has 1 amide bonds. The van der Waals surface area contributed by atoms with Crippen LogP contribution in [-0.4, -0.2) is 37.5 Å². The molecule has 2 atom stereocenters. The Bertz CT molecular complexity index is 409. The van der Waals surface area contributed by atoms with Crippen molar-refractivity contribution in [2.75, 3.05) is 20.6 Å². The number of carbonyl (C=O) groups is 1. The van der Waals surface area contributed by atoms with Crippen LogP contribution in [0.3, 0.4) is 0 Å². The van der Waals surface area contributed by atoms with Gasteiger partial charge in [0.25, 0.3) is 0 Å². The van der Waals surface area contributed by atoms with Gasteiger partial charge in [0, 0.05) is 23.9 Å². The van der Waals surface area contributed by atoms with E-state index in [-0.39, 0.29) is 23.4 Å². The van der Waals surface area contributed by atoms with Crippen LogP contribution >= 0.6 is 11.3 Å². The maximum absolute atomic E-state index is 12.0. The number of rotatable bonds is 6. The standard InChI is InChI=1S/C15H27N3OS/c1-15(2,3)13(16)9-14(19)17-10-11(18(4)5)12-7-6-8-20-12/h6-8,11,13H,9-10,16H2,1-5H3,(H,17,19). The van der Waals surface area contributed by atoms with E-state index in [1.165, 1.54) is 4.88 Å². The van der Waals surface area contributed by atoms with Crippen LogP contribution < -0.4 is 11.1 Å². The largest absolute Gasteiger partial charge is 0.354 e. The zero-order valence-corrected chi connectivity index (χ0v) is 14.0. The number of nitrogens with one attached hydrogen (secondary N) is 1. The summed E-state index contributed by atoms with van der Waals surface area (Å²) in [5.74, 6) is 0.0239. The average molecular weight is 297 g/mol. The Morgan fingerprint density at radius 1 is 1.45 bits per heavy atom. The Hall–Kier alpha value is -0.910. The normalized spacial score (nSPS) is 15.2. The highest BCUT2D eigenvalue weighted by molar-refractivity contribution is 7.10. The molecular formula is C15H27N3OS. The van der Waals surface area contributed by atoms with Gasteiger partial charge in [-0.15, -0.1) is 11.3 Å². The Labute approximate surface area is 126 Å². The number of nitrogens with zero attached hydrogens (tertiary/aromatic N) is 1. The fourth-order valence-corrected chi connectivity index (χ4v) is 2.73. The predicted octanol–water partition coefficient (Wildman–Crippen LogP) is 2.23. The zero-order valence-electron chi connectivity index (χ0n) is 13.1. The Kier molecular flexibility index (Phi) is 6.17. The molecule has 0 aliphatic heterocycles. The molecule has 0 saturated heterocycles. The maximum Gasteiger partial charge on any atom is 0.221 e. The van der Waals surface area contributed by atoms with E-state index in [0.29, 0.717) is 13.0 Å². The number of hydrogen-bond donors (Lipinski definition) is 2. The van der Waals surface area contributed by atoms with Crippen molar-refractivity contribution in [2.24, 2.45) is 11.1 Å². The summed E-state index contributed by atoms with van der Waals surface area (Å²) in [4.78, 5) is 15.4. The van der Waals surface area contributed by atoms with Crippen molar-refractivity contribution in [1.29, 1.82) is 0 Å². The first-order chi connectivity index (χ1) is 9.21. The molecule has 3 N–H and O–H groups in total. The topological polar surface area (TPSA) is 58.4 Å². The summed E-state index contributed by atoms with van der Waals surface area (Å²) in [7, 11) is 4.05. The summed E-state index contributed by atoms with van der Waals surface area (Å²) in [6.45, 7) is 6.78. The number of hydrogen-bond acceptors (Lipinski definition) is 4. The summed E-state index contributed by atoms with van der Waals surface area (Å²) in [5, 5.41) is 5.06. The number of nitrogens with two attached hydrogens (primary N) is 1. The first-order valence-corrected chi connectivity index (χ1v) is 7.82. The number of carbonyl (C=O) groups excluding carboxylic acids is 1. The minimum Gasteiger partial charge on any atom is -0.354 e. The first-order valence-electron chi connectivity index (χ1n) is 6.94. The third-order valence-corrected chi connectivity index (χ3v) is 4.48. The molecule has 0 aliphatic rings. The molecule has 114 valence electrons. The highest BCUT2D eigenvalue weighted by Gasteiger charge is 2.24. The molecule has 0 aliphatic carbocycles. The molecule has 0 bridgehead atoms. The SMILES string of the molecule is CN(C)C(CNC(=O)CC(N)C(C)(C)C)c1cccs1. The van der Waals surface area contributed by atoms with Gasteiger partial charge in [-0.25, -0.2) is 0 Å². The van der Waals surface area contributed by atoms with Crippen LogP contribution in [0, 0.1) is 5.41 Å². The second-order valence-electron chi connectivity index (χ2n) is 6.48. The van der Waals surface area contributed by atoms with Crippen LogP contribution in [0.2, 0.25) is 0 Å². The van der Waals surface area contributed by atoms with Crippen molar-refractivity contribution in [3.63, 3.8) is 0 Å². The lowest BCUT2D eigenvalue weighted by Gasteiger charge is -2.27. The van der Waals surface area contributed by atoms with Crippen LogP contribution in [0.1, 0.15) is 38.1 Å². The van der Waals surface area contributed by atoms with Crippen LogP contribution in [-0.2, 0) is 4.79 Å². The third kappa shape index (κ3) is 5.23. The van der Waals surface area contributed by atoms with Crippen molar-refractivity contribution >= 4 is 17.2 Å². The third-order valence-electron chi connectivity index (χ3n) is 3.51. The minimum atomic E-state index is -0.123. The van der Waals surface area contributed by atoms with Crippen molar-refractivity contribution in [1.82, 2.24) is 10.2 Å². The zero-order chi connectivity index (χ0) is 15.3. The lowest BCUT2D eigenvalue weighted by Crippen LogP contribution is -2.41. The van der Waals surface area contributed by atoms with Gasteiger partial charge in [-0.05, 0) is 31.0 Å². The van der Waals surface area contributed by atoms with E-state index < -0.39 is 0 Å². The lowest BCUT2D eigenvalue weighted by atomic mass is 9.85. The number of thiophene rings is 1. The van der Waals surface area contributed by atoms with Crippen LogP contribution in [0.5, 0.6) is 0 Å². The van der Waals surface area contributed by atoms with Gasteiger partial charge in [0.1, 0.15) is 0 Å². The predicted molar refractivity (Wildman–Crippen MR) is 85.8 cm³/mol. The molecule has 0 aromatic carbocycles. The van der Waals surface area contributed by atoms with Gasteiger partial charge >= 0.3 is 0 Å². The Morgan fingerprint density at radius 3 is 2.55 bits per heavy atom. The Balaban J connectivity index is 2.50. The first kappa shape index (κ1) is 17.1. The van der Waals surface area contributed by atoms with Gasteiger partial charge in [0.05, 0.1) is 6.04 Å². The van der Waals surface area contributed by atoms with Gasteiger partial charge in [-0.2, -0.15) is 0 Å². The maximum atomic E-state index is 12.0. The van der Waals surface area contributed by atoms with E-state index in [1.807, 2.05) is 20.2 Å². The summed E-state index contributed by atoms with van der Waals surface area (Å²) in [6, 6.07) is 4.22. The van der Waals surface area contributed by atoms with E-state index in [2.05, 4.69) is 42.4 Å². The molecule has 1 rings (SSSR count). The second-order valence-corrected chi connectivity index (χ2v) is 7.45. The molecule has 0 spiro atoms. The molecule has 1 aromatic rings. The van der Waals surface area contributed by atoms with E-state index >= 15 is 0 Å². The fourth-order valence-electron chi connectivity index (χ4n) is 1.81. The van der Waals surface area contributed by atoms with E-state index in [1.54, 1.807) is 11.3 Å². The molecule has 4 nitrogen and oxygen atoms in total. The van der Waals surface area contributed by atoms with Gasteiger partial charge in [-0.3, -0.25) is 4.79 Å². The summed E-state index contributed by atoms with van der Waals surface area (Å²) < 4.78 is 0. The van der Waals surface area contributed by atoms with Crippen LogP contribution in [0.25, 0.3) is 0 Å². The van der Waals surface area contributed by atoms with Gasteiger partial charge in [0.15, 0.2) is 0 Å². The molecule has 1 aromatic heterocycles. The van der Waals surface area contributed by atoms with E-state index in [9.17, 15) is 4.79 Å². The summed E-state index contributed by atoms with van der Waals surface area (Å²) >= 11 is 1.71. The van der Waals surface area contributed by atoms with Crippen LogP contribution in [0.15, 0.2) is 17.5 Å². The van der Waals surface area contributed by atoms with Crippen molar-refractivity contribution < 1.29 is 4.79 Å². The molecule has 1 heterocycles.